The summed E-state index contributed by atoms with van der Waals surface area (Å²) in [4.78, 5) is 48.8. The van der Waals surface area contributed by atoms with E-state index in [9.17, 15) is 29.6 Å². The minimum absolute atomic E-state index is 0.0426. The molecule has 3 N–H and O–H groups in total. The quantitative estimate of drug-likeness (QED) is 0.509. The van der Waals surface area contributed by atoms with Crippen LogP contribution in [0.4, 0.5) is 5.69 Å². The number of rotatable bonds is 7. The van der Waals surface area contributed by atoms with Gasteiger partial charge in [-0.15, -0.1) is 0 Å². The number of fused-ring (bicyclic) bond motifs is 1. The predicted molar refractivity (Wildman–Crippen MR) is 94.2 cm³/mol. The van der Waals surface area contributed by atoms with Gasteiger partial charge < -0.3 is 15.4 Å². The molecule has 2 rings (SSSR count). The first-order valence-electron chi connectivity index (χ1n) is 8.07. The van der Waals surface area contributed by atoms with Crippen molar-refractivity contribution in [1.82, 2.24) is 10.3 Å². The molecule has 1 aromatic carbocycles. The minimum Gasteiger partial charge on any atom is -0.481 e. The van der Waals surface area contributed by atoms with Gasteiger partial charge in [0, 0.05) is 35.6 Å². The number of carboxylic acids is 1. The van der Waals surface area contributed by atoms with Crippen molar-refractivity contribution in [2.45, 2.75) is 26.7 Å². The van der Waals surface area contributed by atoms with Crippen molar-refractivity contribution in [2.24, 2.45) is 5.41 Å². The second kappa shape index (κ2) is 7.34. The number of aromatic amines is 1. The number of nitro benzene ring substituents is 1. The maximum atomic E-state index is 12.6. The topological polar surface area (TPSA) is 142 Å². The van der Waals surface area contributed by atoms with Gasteiger partial charge in [0.05, 0.1) is 15.9 Å². The number of hydrogen-bond acceptors (Lipinski definition) is 5. The lowest BCUT2D eigenvalue weighted by Gasteiger charge is -2.26. The number of nitrogens with one attached hydrogen (secondary N) is 2. The number of carbonyl (C=O) groups is 2. The normalized spacial score (nSPS) is 11.3. The van der Waals surface area contributed by atoms with Crippen LogP contribution < -0.4 is 10.9 Å². The van der Waals surface area contributed by atoms with Crippen LogP contribution in [0.15, 0.2) is 29.1 Å². The highest BCUT2D eigenvalue weighted by Crippen LogP contribution is 2.26. The number of carbonyl (C=O) groups excluding carboxylic acids is 1. The number of amides is 1. The van der Waals surface area contributed by atoms with Crippen molar-refractivity contribution >= 4 is 28.5 Å². The van der Waals surface area contributed by atoms with E-state index < -0.39 is 27.8 Å². The molecule has 1 amide bonds. The summed E-state index contributed by atoms with van der Waals surface area (Å²) in [5, 5.41) is 23.2. The molecule has 0 aliphatic carbocycles. The van der Waals surface area contributed by atoms with Crippen LogP contribution in [0.25, 0.3) is 10.9 Å². The van der Waals surface area contributed by atoms with Gasteiger partial charge in [0.2, 0.25) is 5.56 Å². The average molecular weight is 361 g/mol. The highest BCUT2D eigenvalue weighted by molar-refractivity contribution is 6.06. The number of hydrogen-bond donors (Lipinski definition) is 3. The first-order chi connectivity index (χ1) is 12.2. The number of nitrogens with zero attached hydrogens (tertiary/aromatic N) is 1. The highest BCUT2D eigenvalue weighted by atomic mass is 16.6. The third-order valence-electron chi connectivity index (χ3n) is 4.68. The van der Waals surface area contributed by atoms with E-state index in [4.69, 9.17) is 0 Å². The molecule has 0 atom stereocenters. The number of nitro groups is 1. The molecule has 0 unspecified atom stereocenters. The molecule has 26 heavy (non-hydrogen) atoms. The Labute approximate surface area is 148 Å². The highest BCUT2D eigenvalue weighted by Gasteiger charge is 2.35. The average Bonchev–Trinajstić information content (AvgIpc) is 2.61. The van der Waals surface area contributed by atoms with Gasteiger partial charge in [-0.2, -0.15) is 0 Å². The fourth-order valence-electron chi connectivity index (χ4n) is 2.77. The Kier molecular flexibility index (Phi) is 5.39. The molecule has 0 aliphatic heterocycles. The van der Waals surface area contributed by atoms with Crippen LogP contribution in [-0.4, -0.2) is 33.4 Å². The van der Waals surface area contributed by atoms with Crippen molar-refractivity contribution in [3.8, 4) is 0 Å². The third-order valence-corrected chi connectivity index (χ3v) is 4.68. The SMILES string of the molecule is CCC(CC)(CNC(=O)c1cc(=O)[nH]c2ccc([N+](=O)[O-])cc12)C(=O)O. The number of carboxylic acid groups (broad SMARTS) is 1. The van der Waals surface area contributed by atoms with Crippen molar-refractivity contribution in [3.05, 3.63) is 50.3 Å². The van der Waals surface area contributed by atoms with Crippen LogP contribution in [0.5, 0.6) is 0 Å². The summed E-state index contributed by atoms with van der Waals surface area (Å²) in [5.41, 5.74) is -1.63. The second-order valence-electron chi connectivity index (χ2n) is 6.01. The largest absolute Gasteiger partial charge is 0.481 e. The zero-order valence-electron chi connectivity index (χ0n) is 14.4. The standard InChI is InChI=1S/C17H19N3O6/c1-3-17(4-2,16(23)24)9-18-15(22)12-8-14(21)19-13-6-5-10(20(25)26)7-11(12)13/h5-8H,3-4,9H2,1-2H3,(H,18,22)(H,19,21)(H,23,24). The van der Waals surface area contributed by atoms with Crippen molar-refractivity contribution < 1.29 is 19.6 Å². The molecule has 9 heteroatoms. The molecule has 9 nitrogen and oxygen atoms in total. The fourth-order valence-corrected chi connectivity index (χ4v) is 2.77. The minimum atomic E-state index is -1.11. The second-order valence-corrected chi connectivity index (χ2v) is 6.01. The Hall–Kier alpha value is -3.23. The van der Waals surface area contributed by atoms with Gasteiger partial charge in [-0.1, -0.05) is 13.8 Å². The van der Waals surface area contributed by atoms with Gasteiger partial charge in [-0.05, 0) is 18.9 Å². The predicted octanol–water partition coefficient (Wildman–Crippen LogP) is 2.06. The first-order valence-corrected chi connectivity index (χ1v) is 8.07. The number of pyridine rings is 1. The molecule has 2 aromatic rings. The molecule has 1 heterocycles. The summed E-state index contributed by atoms with van der Waals surface area (Å²) in [6, 6.07) is 4.82. The lowest BCUT2D eigenvalue weighted by molar-refractivity contribution is -0.384. The number of aromatic nitrogens is 1. The van der Waals surface area contributed by atoms with Crippen LogP contribution >= 0.6 is 0 Å². The van der Waals surface area contributed by atoms with Crippen LogP contribution in [0.2, 0.25) is 0 Å². The zero-order chi connectivity index (χ0) is 19.5. The molecular formula is C17H19N3O6. The number of H-pyrrole nitrogens is 1. The lowest BCUT2D eigenvalue weighted by Crippen LogP contribution is -2.42. The summed E-state index contributed by atoms with van der Waals surface area (Å²) < 4.78 is 0. The van der Waals surface area contributed by atoms with E-state index >= 15 is 0 Å². The van der Waals surface area contributed by atoms with Crippen LogP contribution in [-0.2, 0) is 4.79 Å². The molecule has 1 aromatic heterocycles. The molecule has 0 spiro atoms. The van der Waals surface area contributed by atoms with Gasteiger partial charge in [0.15, 0.2) is 0 Å². The van der Waals surface area contributed by atoms with E-state index in [0.717, 1.165) is 6.07 Å². The smallest absolute Gasteiger partial charge is 0.311 e. The molecule has 0 fully saturated rings. The van der Waals surface area contributed by atoms with E-state index in [2.05, 4.69) is 10.3 Å². The maximum absolute atomic E-state index is 12.6. The molecule has 0 saturated carbocycles. The molecule has 138 valence electrons. The monoisotopic (exact) mass is 361 g/mol. The van der Waals surface area contributed by atoms with E-state index in [1.54, 1.807) is 13.8 Å². The Morgan fingerprint density at radius 1 is 1.27 bits per heavy atom. The molecular weight excluding hydrogens is 342 g/mol. The Balaban J connectivity index is 2.43. The molecule has 0 aliphatic rings. The van der Waals surface area contributed by atoms with E-state index in [1.165, 1.54) is 18.2 Å². The summed E-state index contributed by atoms with van der Waals surface area (Å²) >= 11 is 0. The van der Waals surface area contributed by atoms with Gasteiger partial charge in [-0.25, -0.2) is 0 Å². The first kappa shape index (κ1) is 19.1. The third kappa shape index (κ3) is 3.56. The van der Waals surface area contributed by atoms with Gasteiger partial charge >= 0.3 is 5.97 Å². The van der Waals surface area contributed by atoms with Crippen molar-refractivity contribution in [2.75, 3.05) is 6.54 Å². The van der Waals surface area contributed by atoms with Crippen LogP contribution in [0.1, 0.15) is 37.0 Å². The van der Waals surface area contributed by atoms with Gasteiger partial charge in [0.25, 0.3) is 11.6 Å². The summed E-state index contributed by atoms with van der Waals surface area (Å²) in [6.45, 7) is 3.32. The van der Waals surface area contributed by atoms with E-state index in [-0.39, 0.29) is 28.7 Å². The van der Waals surface area contributed by atoms with Gasteiger partial charge in [0.1, 0.15) is 0 Å². The lowest BCUT2D eigenvalue weighted by atomic mass is 9.82. The summed E-state index contributed by atoms with van der Waals surface area (Å²) in [7, 11) is 0. The van der Waals surface area contributed by atoms with Crippen molar-refractivity contribution in [1.29, 1.82) is 0 Å². The summed E-state index contributed by atoms with van der Waals surface area (Å²) in [5.74, 6) is -1.68. The molecule has 0 radical (unpaired) electrons. The van der Waals surface area contributed by atoms with Crippen LogP contribution in [0, 0.1) is 15.5 Å². The van der Waals surface area contributed by atoms with E-state index in [1.807, 2.05) is 0 Å². The Bertz CT molecular complexity index is 930. The fraction of sp³-hybridized carbons (Fsp3) is 0.353. The molecule has 0 saturated heterocycles. The van der Waals surface area contributed by atoms with E-state index in [0.29, 0.717) is 12.8 Å². The van der Waals surface area contributed by atoms with Crippen molar-refractivity contribution in [3.63, 3.8) is 0 Å². The Morgan fingerprint density at radius 3 is 2.46 bits per heavy atom. The zero-order valence-corrected chi connectivity index (χ0v) is 14.4. The maximum Gasteiger partial charge on any atom is 0.311 e. The number of benzene rings is 1. The number of aliphatic carboxylic acids is 1. The number of non-ortho nitro benzene ring substituents is 1. The molecule has 0 bridgehead atoms. The van der Waals surface area contributed by atoms with Gasteiger partial charge in [-0.3, -0.25) is 24.5 Å². The van der Waals surface area contributed by atoms with Crippen LogP contribution in [0.3, 0.4) is 0 Å². The Morgan fingerprint density at radius 2 is 1.92 bits per heavy atom. The summed E-state index contributed by atoms with van der Waals surface area (Å²) in [6.07, 6.45) is 0.640.